The summed E-state index contributed by atoms with van der Waals surface area (Å²) in [7, 11) is 0.127. The van der Waals surface area contributed by atoms with Gasteiger partial charge in [0.05, 0.1) is 39.8 Å². The number of hydrogen-bond donors (Lipinski definition) is 0. The van der Waals surface area contributed by atoms with Crippen LogP contribution in [0, 0.1) is 0 Å². The van der Waals surface area contributed by atoms with E-state index in [1.807, 2.05) is 24.3 Å². The van der Waals surface area contributed by atoms with Gasteiger partial charge in [-0.3, -0.25) is 9.19 Å². The van der Waals surface area contributed by atoms with Gasteiger partial charge in [-0.05, 0) is 40.2 Å². The zero-order valence-corrected chi connectivity index (χ0v) is 13.1. The summed E-state index contributed by atoms with van der Waals surface area (Å²) >= 11 is 3.38. The van der Waals surface area contributed by atoms with Gasteiger partial charge in [-0.15, -0.1) is 0 Å². The van der Waals surface area contributed by atoms with E-state index in [0.29, 0.717) is 17.0 Å². The summed E-state index contributed by atoms with van der Waals surface area (Å²) < 4.78 is 17.7. The van der Waals surface area contributed by atoms with Crippen molar-refractivity contribution in [2.24, 2.45) is 0 Å². The molecule has 2 rings (SSSR count). The van der Waals surface area contributed by atoms with Crippen molar-refractivity contribution in [3.8, 4) is 0 Å². The molecule has 4 nitrogen and oxygen atoms in total. The number of hydrogen-bond acceptors (Lipinski definition) is 4. The first-order valence-electron chi connectivity index (χ1n) is 5.78. The Hall–Kier alpha value is -1.53. The fraction of sp³-hybridized carbons (Fsp3) is 0.143. The van der Waals surface area contributed by atoms with Gasteiger partial charge in [0.25, 0.3) is 0 Å². The van der Waals surface area contributed by atoms with E-state index in [2.05, 4.69) is 25.7 Å². The van der Waals surface area contributed by atoms with E-state index in [4.69, 9.17) is 0 Å². The van der Waals surface area contributed by atoms with Gasteiger partial charge in [-0.2, -0.15) is 0 Å². The number of benzene rings is 1. The number of ether oxygens (including phenoxy) is 1. The maximum atomic E-state index is 12.3. The van der Waals surface area contributed by atoms with Crippen LogP contribution in [0.5, 0.6) is 0 Å². The molecule has 20 heavy (non-hydrogen) atoms. The lowest BCUT2D eigenvalue weighted by atomic mass is 10.2. The van der Waals surface area contributed by atoms with E-state index in [1.165, 1.54) is 13.3 Å². The summed E-state index contributed by atoms with van der Waals surface area (Å²) in [5.41, 5.74) is 1.04. The van der Waals surface area contributed by atoms with E-state index in [-0.39, 0.29) is 0 Å². The SMILES string of the molecule is COC(=O)c1ccc(CS(=O)c2ccccc2Br)nc1. The highest BCUT2D eigenvalue weighted by Gasteiger charge is 2.11. The quantitative estimate of drug-likeness (QED) is 0.793. The van der Waals surface area contributed by atoms with Crippen molar-refractivity contribution in [2.75, 3.05) is 7.11 Å². The summed E-state index contributed by atoms with van der Waals surface area (Å²) in [6, 6.07) is 10.7. The van der Waals surface area contributed by atoms with Crippen LogP contribution in [0.3, 0.4) is 0 Å². The highest BCUT2D eigenvalue weighted by Crippen LogP contribution is 2.21. The smallest absolute Gasteiger partial charge is 0.339 e. The van der Waals surface area contributed by atoms with Crippen LogP contribution >= 0.6 is 15.9 Å². The van der Waals surface area contributed by atoms with Gasteiger partial charge in [0, 0.05) is 10.7 Å². The van der Waals surface area contributed by atoms with Crippen molar-refractivity contribution in [3.05, 3.63) is 58.3 Å². The van der Waals surface area contributed by atoms with E-state index in [0.717, 1.165) is 9.37 Å². The van der Waals surface area contributed by atoms with Gasteiger partial charge in [-0.1, -0.05) is 12.1 Å². The number of methoxy groups -OCH3 is 1. The lowest BCUT2D eigenvalue weighted by Crippen LogP contribution is -2.04. The van der Waals surface area contributed by atoms with E-state index >= 15 is 0 Å². The van der Waals surface area contributed by atoms with Crippen LogP contribution < -0.4 is 0 Å². The molecular formula is C14H12BrNO3S. The van der Waals surface area contributed by atoms with Crippen LogP contribution in [0.25, 0.3) is 0 Å². The molecule has 1 aromatic carbocycles. The minimum absolute atomic E-state index is 0.296. The van der Waals surface area contributed by atoms with Crippen molar-refractivity contribution in [3.63, 3.8) is 0 Å². The maximum absolute atomic E-state index is 12.3. The van der Waals surface area contributed by atoms with Gasteiger partial charge in [0.2, 0.25) is 0 Å². The minimum Gasteiger partial charge on any atom is -0.465 e. The van der Waals surface area contributed by atoms with E-state index in [1.54, 1.807) is 12.1 Å². The first-order valence-corrected chi connectivity index (χ1v) is 7.89. The molecule has 6 heteroatoms. The molecule has 2 aromatic rings. The number of carbonyl (C=O) groups is 1. The summed E-state index contributed by atoms with van der Waals surface area (Å²) in [6.07, 6.45) is 1.43. The van der Waals surface area contributed by atoms with Gasteiger partial charge in [0.15, 0.2) is 0 Å². The van der Waals surface area contributed by atoms with E-state index < -0.39 is 16.8 Å². The Balaban J connectivity index is 2.13. The summed E-state index contributed by atoms with van der Waals surface area (Å²) in [6.45, 7) is 0. The third-order valence-electron chi connectivity index (χ3n) is 2.61. The second-order valence-electron chi connectivity index (χ2n) is 3.95. The highest BCUT2D eigenvalue weighted by molar-refractivity contribution is 9.10. The van der Waals surface area contributed by atoms with Gasteiger partial charge in [0.1, 0.15) is 0 Å². The summed E-state index contributed by atoms with van der Waals surface area (Å²) in [4.78, 5) is 16.1. The third kappa shape index (κ3) is 3.52. The van der Waals surface area contributed by atoms with E-state index in [9.17, 15) is 9.00 Å². The van der Waals surface area contributed by atoms with Crippen molar-refractivity contribution in [1.29, 1.82) is 0 Å². The molecule has 1 unspecified atom stereocenters. The topological polar surface area (TPSA) is 56.3 Å². The predicted molar refractivity (Wildman–Crippen MR) is 79.8 cm³/mol. The second kappa shape index (κ2) is 6.76. The molecule has 1 heterocycles. The van der Waals surface area contributed by atoms with Crippen molar-refractivity contribution in [2.45, 2.75) is 10.6 Å². The van der Waals surface area contributed by atoms with Gasteiger partial charge >= 0.3 is 5.97 Å². The Morgan fingerprint density at radius 3 is 2.65 bits per heavy atom. The van der Waals surface area contributed by atoms with Crippen molar-refractivity contribution >= 4 is 32.7 Å². The number of rotatable bonds is 4. The maximum Gasteiger partial charge on any atom is 0.339 e. The normalized spacial score (nSPS) is 11.9. The molecular weight excluding hydrogens is 342 g/mol. The Labute approximate surface area is 127 Å². The Morgan fingerprint density at radius 1 is 1.30 bits per heavy atom. The van der Waals surface area contributed by atoms with Gasteiger partial charge in [-0.25, -0.2) is 4.79 Å². The molecule has 1 aromatic heterocycles. The van der Waals surface area contributed by atoms with Crippen LogP contribution in [-0.4, -0.2) is 22.3 Å². The molecule has 104 valence electrons. The first-order chi connectivity index (χ1) is 9.61. The molecule has 0 aliphatic carbocycles. The predicted octanol–water partition coefficient (Wildman–Crippen LogP) is 2.94. The number of pyridine rings is 1. The minimum atomic E-state index is -1.19. The Kier molecular flexibility index (Phi) is 5.03. The molecule has 0 bridgehead atoms. The summed E-state index contributed by atoms with van der Waals surface area (Å²) in [5, 5.41) is 0. The standard InChI is InChI=1S/C14H12BrNO3S/c1-19-14(17)10-6-7-11(16-8-10)9-20(18)13-5-3-2-4-12(13)15/h2-8H,9H2,1H3. The third-order valence-corrected chi connectivity index (χ3v) is 4.97. The average molecular weight is 354 g/mol. The number of aromatic nitrogens is 1. The van der Waals surface area contributed by atoms with Crippen molar-refractivity contribution < 1.29 is 13.7 Å². The van der Waals surface area contributed by atoms with Crippen LogP contribution in [0.2, 0.25) is 0 Å². The monoisotopic (exact) mass is 353 g/mol. The molecule has 0 amide bonds. The fourth-order valence-electron chi connectivity index (χ4n) is 1.59. The molecule has 0 fully saturated rings. The van der Waals surface area contributed by atoms with Crippen molar-refractivity contribution in [1.82, 2.24) is 4.98 Å². The van der Waals surface area contributed by atoms with Crippen LogP contribution in [0.15, 0.2) is 52.0 Å². The lowest BCUT2D eigenvalue weighted by molar-refractivity contribution is 0.0600. The molecule has 0 aliphatic rings. The number of carbonyl (C=O) groups excluding carboxylic acids is 1. The number of nitrogens with zero attached hydrogens (tertiary/aromatic N) is 1. The number of esters is 1. The molecule has 0 saturated carbocycles. The molecule has 0 saturated heterocycles. The molecule has 1 atom stereocenters. The molecule has 0 N–H and O–H groups in total. The summed E-state index contributed by atoms with van der Waals surface area (Å²) in [5.74, 6) is -0.139. The Morgan fingerprint density at radius 2 is 2.05 bits per heavy atom. The molecule has 0 radical (unpaired) electrons. The van der Waals surface area contributed by atoms with Gasteiger partial charge < -0.3 is 4.74 Å². The second-order valence-corrected chi connectivity index (χ2v) is 6.22. The lowest BCUT2D eigenvalue weighted by Gasteiger charge is -2.05. The van der Waals surface area contributed by atoms with Crippen LogP contribution in [-0.2, 0) is 21.3 Å². The zero-order chi connectivity index (χ0) is 14.5. The van der Waals surface area contributed by atoms with Crippen LogP contribution in [0.4, 0.5) is 0 Å². The fourth-order valence-corrected chi connectivity index (χ4v) is 3.53. The largest absolute Gasteiger partial charge is 0.465 e. The Bertz CT molecular complexity index is 643. The van der Waals surface area contributed by atoms with Crippen LogP contribution in [0.1, 0.15) is 16.1 Å². The average Bonchev–Trinajstić information content (AvgIpc) is 2.47. The first kappa shape index (κ1) is 14.9. The highest BCUT2D eigenvalue weighted by atomic mass is 79.9. The zero-order valence-electron chi connectivity index (χ0n) is 10.7. The molecule has 0 aliphatic heterocycles. The number of halogens is 1. The molecule has 0 spiro atoms.